The third-order valence-electron chi connectivity index (χ3n) is 5.54. The Morgan fingerprint density at radius 1 is 1.29 bits per heavy atom. The minimum Gasteiger partial charge on any atom is -0.492 e. The summed E-state index contributed by atoms with van der Waals surface area (Å²) in [4.78, 5) is 17.1. The van der Waals surface area contributed by atoms with Crippen LogP contribution in [0.2, 0.25) is 0 Å². The fourth-order valence-electron chi connectivity index (χ4n) is 3.93. The topological polar surface area (TPSA) is 105 Å². The summed E-state index contributed by atoms with van der Waals surface area (Å²) in [7, 11) is 1.89. The second kappa shape index (κ2) is 10.5. The number of fused-ring (bicyclic) bond motifs is 2. The Morgan fingerprint density at radius 2 is 2.11 bits per heavy atom. The molecule has 0 saturated heterocycles. The van der Waals surface area contributed by atoms with Crippen molar-refractivity contribution in [3.8, 4) is 11.8 Å². The van der Waals surface area contributed by atoms with Gasteiger partial charge in [0.1, 0.15) is 11.8 Å². The van der Waals surface area contributed by atoms with Crippen molar-refractivity contribution in [3.05, 3.63) is 59.9 Å². The summed E-state index contributed by atoms with van der Waals surface area (Å²) < 4.78 is 7.59. The first-order chi connectivity index (χ1) is 17.0. The molecule has 8 nitrogen and oxygen atoms in total. The Bertz CT molecular complexity index is 1490. The molecule has 0 aliphatic rings. The number of carbonyl (C=O) groups excluding carboxylic acids is 1. The Labute approximate surface area is 208 Å². The molecule has 0 unspecified atom stereocenters. The number of carbonyl (C=O) groups is 1. The van der Waals surface area contributed by atoms with Crippen molar-refractivity contribution in [2.24, 2.45) is 7.05 Å². The van der Waals surface area contributed by atoms with Gasteiger partial charge in [0, 0.05) is 41.5 Å². The normalized spacial score (nSPS) is 11.2. The van der Waals surface area contributed by atoms with Crippen LogP contribution in [0, 0.1) is 11.3 Å². The standard InChI is InChI=1S/C26H25ClN6O2/c1-4-20-19(14-28)26(30-17-8-9-23-16(11-17)15-29-33(23)3)18-12-22(32-25(34)7-6-10-27)24(35-5-2)13-21(18)31-20/h6-9,11-13,15H,4-5,10H2,1-3H3,(H,30,31)(H,32,34)/b7-6+. The molecule has 0 spiro atoms. The third kappa shape index (κ3) is 4.91. The second-order valence-corrected chi connectivity index (χ2v) is 8.09. The zero-order valence-electron chi connectivity index (χ0n) is 19.7. The fraction of sp³-hybridized carbons (Fsp3) is 0.231. The van der Waals surface area contributed by atoms with Gasteiger partial charge in [-0.25, -0.2) is 0 Å². The average Bonchev–Trinajstić information content (AvgIpc) is 3.23. The van der Waals surface area contributed by atoms with Crippen LogP contribution >= 0.6 is 11.6 Å². The molecule has 4 rings (SSSR count). The number of nitrogens with one attached hydrogen (secondary N) is 2. The van der Waals surface area contributed by atoms with Crippen LogP contribution in [0.25, 0.3) is 21.8 Å². The van der Waals surface area contributed by atoms with Crippen LogP contribution in [-0.2, 0) is 18.3 Å². The van der Waals surface area contributed by atoms with Crippen molar-refractivity contribution >= 4 is 56.4 Å². The molecule has 0 fully saturated rings. The quantitative estimate of drug-likeness (QED) is 0.253. The first-order valence-electron chi connectivity index (χ1n) is 11.2. The highest BCUT2D eigenvalue weighted by Crippen LogP contribution is 2.38. The summed E-state index contributed by atoms with van der Waals surface area (Å²) in [6.45, 7) is 4.25. The number of aryl methyl sites for hydroxylation is 2. The maximum atomic E-state index is 12.4. The van der Waals surface area contributed by atoms with Crippen molar-refractivity contribution in [3.63, 3.8) is 0 Å². The van der Waals surface area contributed by atoms with Crippen molar-refractivity contribution in [2.45, 2.75) is 20.3 Å². The van der Waals surface area contributed by atoms with Gasteiger partial charge in [0.15, 0.2) is 0 Å². The molecule has 0 aliphatic carbocycles. The first-order valence-corrected chi connectivity index (χ1v) is 11.8. The lowest BCUT2D eigenvalue weighted by molar-refractivity contribution is -0.111. The van der Waals surface area contributed by atoms with Crippen LogP contribution in [0.15, 0.2) is 48.7 Å². The molecule has 9 heteroatoms. The average molecular weight is 489 g/mol. The van der Waals surface area contributed by atoms with E-state index in [0.29, 0.717) is 52.3 Å². The number of hydrogen-bond acceptors (Lipinski definition) is 6. The predicted octanol–water partition coefficient (Wildman–Crippen LogP) is 5.43. The van der Waals surface area contributed by atoms with Crippen LogP contribution in [0.1, 0.15) is 25.1 Å². The molecule has 0 aliphatic heterocycles. The lowest BCUT2D eigenvalue weighted by Crippen LogP contribution is -2.10. The molecule has 0 bridgehead atoms. The number of pyridine rings is 1. The van der Waals surface area contributed by atoms with Gasteiger partial charge in [-0.15, -0.1) is 11.6 Å². The maximum absolute atomic E-state index is 12.4. The van der Waals surface area contributed by atoms with Gasteiger partial charge in [0.05, 0.1) is 46.5 Å². The van der Waals surface area contributed by atoms with E-state index in [0.717, 1.165) is 16.6 Å². The number of allylic oxidation sites excluding steroid dienone is 1. The molecule has 2 aromatic heterocycles. The number of ether oxygens (including phenoxy) is 1. The molecular weight excluding hydrogens is 464 g/mol. The van der Waals surface area contributed by atoms with Crippen LogP contribution < -0.4 is 15.4 Å². The summed E-state index contributed by atoms with van der Waals surface area (Å²) in [5.74, 6) is 0.393. The number of amides is 1. The first kappa shape index (κ1) is 24.0. The molecule has 2 heterocycles. The van der Waals surface area contributed by atoms with E-state index >= 15 is 0 Å². The van der Waals surface area contributed by atoms with Gasteiger partial charge in [-0.2, -0.15) is 10.4 Å². The van der Waals surface area contributed by atoms with Crippen LogP contribution in [0.4, 0.5) is 17.1 Å². The zero-order valence-corrected chi connectivity index (χ0v) is 20.5. The van der Waals surface area contributed by atoms with E-state index < -0.39 is 0 Å². The molecule has 0 radical (unpaired) electrons. The highest BCUT2D eigenvalue weighted by Gasteiger charge is 2.18. The van der Waals surface area contributed by atoms with E-state index in [9.17, 15) is 10.1 Å². The largest absolute Gasteiger partial charge is 0.492 e. The Morgan fingerprint density at radius 3 is 2.83 bits per heavy atom. The second-order valence-electron chi connectivity index (χ2n) is 7.79. The highest BCUT2D eigenvalue weighted by molar-refractivity contribution is 6.19. The number of aromatic nitrogens is 3. The van der Waals surface area contributed by atoms with Crippen LogP contribution in [0.5, 0.6) is 5.75 Å². The van der Waals surface area contributed by atoms with Crippen molar-refractivity contribution in [1.82, 2.24) is 14.8 Å². The molecule has 1 amide bonds. The van der Waals surface area contributed by atoms with Gasteiger partial charge in [-0.05, 0) is 37.6 Å². The van der Waals surface area contributed by atoms with E-state index in [1.165, 1.54) is 6.08 Å². The molecule has 0 atom stereocenters. The number of rotatable bonds is 8. The molecule has 0 saturated carbocycles. The fourth-order valence-corrected chi connectivity index (χ4v) is 4.02. The Hall–Kier alpha value is -4.09. The number of nitrogens with zero attached hydrogens (tertiary/aromatic N) is 4. The summed E-state index contributed by atoms with van der Waals surface area (Å²) in [5, 5.41) is 22.3. The molecule has 2 N–H and O–H groups in total. The molecule has 4 aromatic rings. The van der Waals surface area contributed by atoms with Gasteiger partial charge in [-0.1, -0.05) is 13.0 Å². The van der Waals surface area contributed by atoms with Gasteiger partial charge < -0.3 is 15.4 Å². The van der Waals surface area contributed by atoms with E-state index in [4.69, 9.17) is 21.3 Å². The van der Waals surface area contributed by atoms with Gasteiger partial charge >= 0.3 is 0 Å². The molecule has 2 aromatic carbocycles. The van der Waals surface area contributed by atoms with Gasteiger partial charge in [0.25, 0.3) is 0 Å². The van der Waals surface area contributed by atoms with Crippen molar-refractivity contribution < 1.29 is 9.53 Å². The van der Waals surface area contributed by atoms with E-state index in [2.05, 4.69) is 21.8 Å². The number of anilines is 3. The van der Waals surface area contributed by atoms with E-state index in [1.54, 1.807) is 29.1 Å². The van der Waals surface area contributed by atoms with E-state index in [-0.39, 0.29) is 11.8 Å². The molecule has 35 heavy (non-hydrogen) atoms. The zero-order chi connectivity index (χ0) is 24.9. The maximum Gasteiger partial charge on any atom is 0.248 e. The van der Waals surface area contributed by atoms with Gasteiger partial charge in [-0.3, -0.25) is 14.5 Å². The Balaban J connectivity index is 1.89. The smallest absolute Gasteiger partial charge is 0.248 e. The molecule has 178 valence electrons. The lowest BCUT2D eigenvalue weighted by Gasteiger charge is -2.17. The number of alkyl halides is 1. The summed E-state index contributed by atoms with van der Waals surface area (Å²) in [5.41, 5.74) is 4.69. The van der Waals surface area contributed by atoms with Crippen LogP contribution in [-0.4, -0.2) is 33.2 Å². The minimum absolute atomic E-state index is 0.230. The summed E-state index contributed by atoms with van der Waals surface area (Å²) >= 11 is 5.66. The van der Waals surface area contributed by atoms with E-state index in [1.807, 2.05) is 39.1 Å². The minimum atomic E-state index is -0.332. The summed E-state index contributed by atoms with van der Waals surface area (Å²) in [6.07, 6.45) is 5.31. The summed E-state index contributed by atoms with van der Waals surface area (Å²) in [6, 6.07) is 11.8. The number of benzene rings is 2. The highest BCUT2D eigenvalue weighted by atomic mass is 35.5. The third-order valence-corrected chi connectivity index (χ3v) is 5.72. The lowest BCUT2D eigenvalue weighted by atomic mass is 10.0. The molecular formula is C26H25ClN6O2. The van der Waals surface area contributed by atoms with Crippen molar-refractivity contribution in [1.29, 1.82) is 5.26 Å². The number of halogens is 1. The predicted molar refractivity (Wildman–Crippen MR) is 139 cm³/mol. The monoisotopic (exact) mass is 488 g/mol. The number of hydrogen-bond donors (Lipinski definition) is 2. The van der Waals surface area contributed by atoms with Crippen molar-refractivity contribution in [2.75, 3.05) is 23.1 Å². The van der Waals surface area contributed by atoms with Gasteiger partial charge in [0.2, 0.25) is 5.91 Å². The SMILES string of the molecule is CCOc1cc2nc(CC)c(C#N)c(Nc3ccc4c(cnn4C)c3)c2cc1NC(=O)/C=C/CCl. The van der Waals surface area contributed by atoms with Crippen LogP contribution in [0.3, 0.4) is 0 Å². The Kier molecular flexibility index (Phi) is 7.18. The number of nitriles is 1.